The van der Waals surface area contributed by atoms with Crippen LogP contribution in [0.15, 0.2) is 12.3 Å². The zero-order valence-electron chi connectivity index (χ0n) is 10.3. The molecule has 0 spiro atoms. The van der Waals surface area contributed by atoms with Crippen LogP contribution in [0.1, 0.15) is 12.6 Å². The quantitative estimate of drug-likeness (QED) is 0.682. The summed E-state index contributed by atoms with van der Waals surface area (Å²) in [4.78, 5) is 1.97. The fourth-order valence-electron chi connectivity index (χ4n) is 1.65. The molecule has 0 aliphatic carbocycles. The molecule has 1 aromatic heterocycles. The second kappa shape index (κ2) is 6.62. The Balaban J connectivity index is 2.25. The zero-order valence-corrected chi connectivity index (χ0v) is 10.3. The van der Waals surface area contributed by atoms with Gasteiger partial charge in [-0.05, 0) is 27.1 Å². The molecule has 0 radical (unpaired) electrons. The molecule has 0 fully saturated rings. The number of nitrogens with one attached hydrogen (secondary N) is 1. The van der Waals surface area contributed by atoms with E-state index in [9.17, 15) is 5.11 Å². The lowest BCUT2D eigenvalue weighted by Gasteiger charge is -2.16. The summed E-state index contributed by atoms with van der Waals surface area (Å²) in [5, 5.41) is 17.1. The Labute approximate surface area is 97.1 Å². The molecule has 0 saturated heterocycles. The lowest BCUT2D eigenvalue weighted by molar-refractivity contribution is 0.134. The number of aliphatic hydroxyl groups is 1. The van der Waals surface area contributed by atoms with Crippen molar-refractivity contribution in [1.29, 1.82) is 0 Å². The molecule has 1 unspecified atom stereocenters. The summed E-state index contributed by atoms with van der Waals surface area (Å²) >= 11 is 0. The standard InChI is InChI=1S/C11H22N4O/c1-4-15-10(5-6-13-15)7-12-8-11(16)9-14(2)3/h5-6,11-12,16H,4,7-9H2,1-3H3. The summed E-state index contributed by atoms with van der Waals surface area (Å²) in [6.45, 7) is 4.98. The molecule has 0 saturated carbocycles. The van der Waals surface area contributed by atoms with Crippen LogP contribution in [-0.2, 0) is 13.1 Å². The van der Waals surface area contributed by atoms with Gasteiger partial charge in [0.1, 0.15) is 0 Å². The van der Waals surface area contributed by atoms with Crippen LogP contribution in [0, 0.1) is 0 Å². The predicted molar refractivity (Wildman–Crippen MR) is 64.2 cm³/mol. The second-order valence-corrected chi connectivity index (χ2v) is 4.19. The van der Waals surface area contributed by atoms with Crippen LogP contribution in [0.25, 0.3) is 0 Å². The minimum absolute atomic E-state index is 0.326. The first-order valence-corrected chi connectivity index (χ1v) is 5.67. The summed E-state index contributed by atoms with van der Waals surface area (Å²) in [5.74, 6) is 0. The van der Waals surface area contributed by atoms with Crippen LogP contribution < -0.4 is 5.32 Å². The van der Waals surface area contributed by atoms with E-state index in [4.69, 9.17) is 0 Å². The van der Waals surface area contributed by atoms with E-state index in [0.29, 0.717) is 13.1 Å². The van der Waals surface area contributed by atoms with Crippen LogP contribution >= 0.6 is 0 Å². The van der Waals surface area contributed by atoms with Crippen LogP contribution in [0.2, 0.25) is 0 Å². The summed E-state index contributed by atoms with van der Waals surface area (Å²) in [7, 11) is 3.91. The maximum absolute atomic E-state index is 9.65. The third kappa shape index (κ3) is 4.30. The number of aromatic nitrogens is 2. The first kappa shape index (κ1) is 13.2. The number of likely N-dealkylation sites (N-methyl/N-ethyl adjacent to an activating group) is 1. The number of aliphatic hydroxyl groups excluding tert-OH is 1. The molecule has 2 N–H and O–H groups in total. The van der Waals surface area contributed by atoms with Crippen LogP contribution in [0.4, 0.5) is 0 Å². The Morgan fingerprint density at radius 1 is 1.56 bits per heavy atom. The van der Waals surface area contributed by atoms with E-state index in [1.165, 1.54) is 0 Å². The Kier molecular flexibility index (Phi) is 5.45. The molecule has 16 heavy (non-hydrogen) atoms. The van der Waals surface area contributed by atoms with Crippen molar-refractivity contribution in [2.75, 3.05) is 27.2 Å². The first-order chi connectivity index (χ1) is 7.63. The molecule has 0 aliphatic heterocycles. The number of rotatable bonds is 7. The van der Waals surface area contributed by atoms with Gasteiger partial charge in [0, 0.05) is 32.4 Å². The molecular formula is C11H22N4O. The van der Waals surface area contributed by atoms with E-state index in [1.807, 2.05) is 29.7 Å². The molecule has 1 rings (SSSR count). The van der Waals surface area contributed by atoms with Crippen LogP contribution in [0.3, 0.4) is 0 Å². The summed E-state index contributed by atoms with van der Waals surface area (Å²) in [6.07, 6.45) is 1.48. The van der Waals surface area contributed by atoms with Gasteiger partial charge in [0.15, 0.2) is 0 Å². The van der Waals surface area contributed by atoms with Crippen molar-refractivity contribution in [3.63, 3.8) is 0 Å². The minimum Gasteiger partial charge on any atom is -0.390 e. The van der Waals surface area contributed by atoms with Crippen molar-refractivity contribution >= 4 is 0 Å². The van der Waals surface area contributed by atoms with Gasteiger partial charge in [-0.1, -0.05) is 0 Å². The maximum atomic E-state index is 9.65. The van der Waals surface area contributed by atoms with Crippen LogP contribution in [-0.4, -0.2) is 53.1 Å². The van der Waals surface area contributed by atoms with Crippen molar-refractivity contribution in [1.82, 2.24) is 20.0 Å². The Morgan fingerprint density at radius 2 is 2.31 bits per heavy atom. The van der Waals surface area contributed by atoms with Crippen molar-refractivity contribution in [3.8, 4) is 0 Å². The lowest BCUT2D eigenvalue weighted by Crippen LogP contribution is -2.35. The third-order valence-electron chi connectivity index (χ3n) is 2.37. The van der Waals surface area contributed by atoms with E-state index < -0.39 is 0 Å². The Bertz CT molecular complexity index is 298. The predicted octanol–water partition coefficient (Wildman–Crippen LogP) is -0.0849. The fourth-order valence-corrected chi connectivity index (χ4v) is 1.65. The molecule has 92 valence electrons. The molecule has 0 bridgehead atoms. The van der Waals surface area contributed by atoms with E-state index in [1.54, 1.807) is 6.20 Å². The second-order valence-electron chi connectivity index (χ2n) is 4.19. The van der Waals surface area contributed by atoms with Gasteiger partial charge in [-0.2, -0.15) is 5.10 Å². The zero-order chi connectivity index (χ0) is 12.0. The van der Waals surface area contributed by atoms with E-state index in [2.05, 4.69) is 17.3 Å². The molecular weight excluding hydrogens is 204 g/mol. The van der Waals surface area contributed by atoms with Crippen molar-refractivity contribution in [2.24, 2.45) is 0 Å². The number of hydrogen-bond donors (Lipinski definition) is 2. The normalized spacial score (nSPS) is 13.3. The van der Waals surface area contributed by atoms with E-state index >= 15 is 0 Å². The Morgan fingerprint density at radius 3 is 2.94 bits per heavy atom. The molecule has 1 heterocycles. The largest absolute Gasteiger partial charge is 0.390 e. The molecule has 0 aromatic carbocycles. The van der Waals surface area contributed by atoms with E-state index in [-0.39, 0.29) is 6.10 Å². The molecule has 1 atom stereocenters. The highest BCUT2D eigenvalue weighted by Crippen LogP contribution is 1.97. The number of aryl methyl sites for hydroxylation is 1. The van der Waals surface area contributed by atoms with Gasteiger partial charge in [0.25, 0.3) is 0 Å². The highest BCUT2D eigenvalue weighted by atomic mass is 16.3. The molecule has 5 heteroatoms. The topological polar surface area (TPSA) is 53.3 Å². The minimum atomic E-state index is -0.326. The highest BCUT2D eigenvalue weighted by Gasteiger charge is 2.05. The number of hydrogen-bond acceptors (Lipinski definition) is 4. The molecule has 1 aromatic rings. The molecule has 5 nitrogen and oxygen atoms in total. The average Bonchev–Trinajstić information content (AvgIpc) is 2.64. The van der Waals surface area contributed by atoms with Crippen molar-refractivity contribution < 1.29 is 5.11 Å². The van der Waals surface area contributed by atoms with Gasteiger partial charge in [0.2, 0.25) is 0 Å². The average molecular weight is 226 g/mol. The SMILES string of the molecule is CCn1nccc1CNCC(O)CN(C)C. The number of nitrogens with zero attached hydrogens (tertiary/aromatic N) is 3. The van der Waals surface area contributed by atoms with E-state index in [0.717, 1.165) is 18.8 Å². The van der Waals surface area contributed by atoms with Gasteiger partial charge in [0.05, 0.1) is 11.8 Å². The first-order valence-electron chi connectivity index (χ1n) is 5.67. The summed E-state index contributed by atoms with van der Waals surface area (Å²) in [6, 6.07) is 1.99. The maximum Gasteiger partial charge on any atom is 0.0791 e. The molecule has 0 aliphatic rings. The summed E-state index contributed by atoms with van der Waals surface area (Å²) in [5.41, 5.74) is 1.15. The van der Waals surface area contributed by atoms with Gasteiger partial charge in [-0.3, -0.25) is 4.68 Å². The van der Waals surface area contributed by atoms with Crippen LogP contribution in [0.5, 0.6) is 0 Å². The van der Waals surface area contributed by atoms with Gasteiger partial charge in [-0.25, -0.2) is 0 Å². The van der Waals surface area contributed by atoms with Gasteiger partial charge in [-0.15, -0.1) is 0 Å². The third-order valence-corrected chi connectivity index (χ3v) is 2.37. The van der Waals surface area contributed by atoms with Gasteiger partial charge >= 0.3 is 0 Å². The Hall–Kier alpha value is -0.910. The summed E-state index contributed by atoms with van der Waals surface area (Å²) < 4.78 is 1.95. The van der Waals surface area contributed by atoms with Crippen molar-refractivity contribution in [2.45, 2.75) is 26.1 Å². The molecule has 0 amide bonds. The monoisotopic (exact) mass is 226 g/mol. The highest BCUT2D eigenvalue weighted by molar-refractivity contribution is 4.99. The lowest BCUT2D eigenvalue weighted by atomic mass is 10.3. The smallest absolute Gasteiger partial charge is 0.0791 e. The fraction of sp³-hybridized carbons (Fsp3) is 0.727. The van der Waals surface area contributed by atoms with Gasteiger partial charge < -0.3 is 15.3 Å². The van der Waals surface area contributed by atoms with Crippen molar-refractivity contribution in [3.05, 3.63) is 18.0 Å².